The van der Waals surface area contributed by atoms with Gasteiger partial charge in [-0.1, -0.05) is 41.4 Å². The summed E-state index contributed by atoms with van der Waals surface area (Å²) >= 11 is 4.86. The van der Waals surface area contributed by atoms with Crippen LogP contribution in [0.25, 0.3) is 0 Å². The second kappa shape index (κ2) is 8.25. The SMILES string of the molecule is CCCCc1ccc(NSc2ccc(Br)c(C=O)c2)cc1. The fourth-order valence-corrected chi connectivity index (χ4v) is 2.95. The van der Waals surface area contributed by atoms with Gasteiger partial charge in [0.15, 0.2) is 6.29 Å². The van der Waals surface area contributed by atoms with E-state index >= 15 is 0 Å². The van der Waals surface area contributed by atoms with Gasteiger partial charge in [-0.15, -0.1) is 0 Å². The van der Waals surface area contributed by atoms with E-state index < -0.39 is 0 Å². The zero-order valence-electron chi connectivity index (χ0n) is 11.9. The monoisotopic (exact) mass is 363 g/mol. The summed E-state index contributed by atoms with van der Waals surface area (Å²) in [6.07, 6.45) is 4.45. The fraction of sp³-hybridized carbons (Fsp3) is 0.235. The topological polar surface area (TPSA) is 29.1 Å². The van der Waals surface area contributed by atoms with Crippen LogP contribution in [0.15, 0.2) is 51.8 Å². The molecule has 0 heterocycles. The summed E-state index contributed by atoms with van der Waals surface area (Å²) in [5.74, 6) is 0. The molecule has 2 rings (SSSR count). The lowest BCUT2D eigenvalue weighted by molar-refractivity contribution is 0.112. The number of anilines is 1. The largest absolute Gasteiger partial charge is 0.326 e. The van der Waals surface area contributed by atoms with E-state index in [4.69, 9.17) is 0 Å². The molecule has 0 aliphatic heterocycles. The molecule has 0 aliphatic carbocycles. The second-order valence-electron chi connectivity index (χ2n) is 4.81. The number of carbonyl (C=O) groups excluding carboxylic acids is 1. The maximum atomic E-state index is 10.9. The van der Waals surface area contributed by atoms with Gasteiger partial charge in [-0.3, -0.25) is 4.79 Å². The van der Waals surface area contributed by atoms with E-state index in [1.165, 1.54) is 30.4 Å². The number of halogens is 1. The van der Waals surface area contributed by atoms with Crippen LogP contribution in [-0.2, 0) is 6.42 Å². The molecule has 2 aromatic carbocycles. The average Bonchev–Trinajstić information content (AvgIpc) is 2.53. The van der Waals surface area contributed by atoms with Crippen molar-refractivity contribution >= 4 is 39.9 Å². The third-order valence-electron chi connectivity index (χ3n) is 3.15. The maximum Gasteiger partial charge on any atom is 0.151 e. The van der Waals surface area contributed by atoms with Crippen molar-refractivity contribution in [2.45, 2.75) is 31.1 Å². The van der Waals surface area contributed by atoms with Crippen LogP contribution in [0.2, 0.25) is 0 Å². The second-order valence-corrected chi connectivity index (χ2v) is 6.54. The highest BCUT2D eigenvalue weighted by molar-refractivity contribution is 9.10. The van der Waals surface area contributed by atoms with Crippen molar-refractivity contribution in [3.8, 4) is 0 Å². The lowest BCUT2D eigenvalue weighted by Crippen LogP contribution is -1.90. The van der Waals surface area contributed by atoms with Gasteiger partial charge < -0.3 is 4.72 Å². The van der Waals surface area contributed by atoms with E-state index in [0.717, 1.165) is 27.8 Å². The van der Waals surface area contributed by atoms with E-state index in [0.29, 0.717) is 5.56 Å². The number of aldehydes is 1. The number of aryl methyl sites for hydroxylation is 1. The Labute approximate surface area is 138 Å². The van der Waals surface area contributed by atoms with E-state index in [-0.39, 0.29) is 0 Å². The van der Waals surface area contributed by atoms with Crippen LogP contribution >= 0.6 is 27.9 Å². The van der Waals surface area contributed by atoms with Crippen LogP contribution < -0.4 is 4.72 Å². The first-order valence-corrected chi connectivity index (χ1v) is 8.60. The van der Waals surface area contributed by atoms with Gasteiger partial charge >= 0.3 is 0 Å². The number of hydrogen-bond acceptors (Lipinski definition) is 3. The zero-order chi connectivity index (χ0) is 15.1. The number of hydrogen-bond donors (Lipinski definition) is 1. The smallest absolute Gasteiger partial charge is 0.151 e. The van der Waals surface area contributed by atoms with Gasteiger partial charge in [0.25, 0.3) is 0 Å². The predicted octanol–water partition coefficient (Wildman–Crippen LogP) is 5.72. The van der Waals surface area contributed by atoms with Crippen LogP contribution in [0, 0.1) is 0 Å². The van der Waals surface area contributed by atoms with Gasteiger partial charge in [-0.25, -0.2) is 0 Å². The van der Waals surface area contributed by atoms with E-state index in [1.807, 2.05) is 18.2 Å². The molecule has 0 spiro atoms. The van der Waals surface area contributed by atoms with E-state index in [9.17, 15) is 4.79 Å². The van der Waals surface area contributed by atoms with Gasteiger partial charge in [-0.2, -0.15) is 0 Å². The van der Waals surface area contributed by atoms with Crippen LogP contribution in [0.5, 0.6) is 0 Å². The van der Waals surface area contributed by atoms with Crippen molar-refractivity contribution in [2.75, 3.05) is 4.72 Å². The lowest BCUT2D eigenvalue weighted by atomic mass is 10.1. The molecule has 0 fully saturated rings. The van der Waals surface area contributed by atoms with Crippen molar-refractivity contribution in [2.24, 2.45) is 0 Å². The third-order valence-corrected chi connectivity index (χ3v) is 4.70. The number of unbranched alkanes of at least 4 members (excludes halogenated alkanes) is 1. The number of carbonyl (C=O) groups is 1. The highest BCUT2D eigenvalue weighted by atomic mass is 79.9. The number of rotatable bonds is 7. The first-order chi connectivity index (χ1) is 10.2. The number of benzene rings is 2. The molecule has 4 heteroatoms. The van der Waals surface area contributed by atoms with Crippen LogP contribution in [-0.4, -0.2) is 6.29 Å². The van der Waals surface area contributed by atoms with Crippen LogP contribution in [0.1, 0.15) is 35.7 Å². The molecule has 21 heavy (non-hydrogen) atoms. The van der Waals surface area contributed by atoms with Gasteiger partial charge in [0.05, 0.1) is 0 Å². The molecule has 0 saturated heterocycles. The van der Waals surface area contributed by atoms with Gasteiger partial charge in [0.2, 0.25) is 0 Å². The Bertz CT molecular complexity index is 598. The predicted molar refractivity (Wildman–Crippen MR) is 94.1 cm³/mol. The first kappa shape index (κ1) is 16.1. The van der Waals surface area contributed by atoms with Crippen molar-refractivity contribution in [3.63, 3.8) is 0 Å². The van der Waals surface area contributed by atoms with Crippen LogP contribution in [0.3, 0.4) is 0 Å². The molecule has 0 aliphatic rings. The molecule has 0 aromatic heterocycles. The van der Waals surface area contributed by atoms with Crippen molar-refractivity contribution in [1.82, 2.24) is 0 Å². The molecule has 0 bridgehead atoms. The van der Waals surface area contributed by atoms with E-state index in [2.05, 4.69) is 51.8 Å². The summed E-state index contributed by atoms with van der Waals surface area (Å²) in [5, 5.41) is 0. The Balaban J connectivity index is 1.95. The minimum atomic E-state index is 0.664. The quantitative estimate of drug-likeness (QED) is 0.503. The minimum absolute atomic E-state index is 0.664. The summed E-state index contributed by atoms with van der Waals surface area (Å²) in [6.45, 7) is 2.21. The van der Waals surface area contributed by atoms with Gasteiger partial charge in [0, 0.05) is 20.6 Å². The molecule has 0 saturated carbocycles. The Morgan fingerprint density at radius 3 is 2.62 bits per heavy atom. The molecule has 110 valence electrons. The standard InChI is InChI=1S/C17H18BrNOS/c1-2-3-4-13-5-7-15(8-6-13)19-21-16-9-10-17(18)14(11-16)12-20/h5-12,19H,2-4H2,1H3. The van der Waals surface area contributed by atoms with Gasteiger partial charge in [-0.05, 0) is 60.7 Å². The van der Waals surface area contributed by atoms with Crippen molar-refractivity contribution < 1.29 is 4.79 Å². The summed E-state index contributed by atoms with van der Waals surface area (Å²) in [4.78, 5) is 11.9. The molecule has 2 aromatic rings. The van der Waals surface area contributed by atoms with Crippen molar-refractivity contribution in [3.05, 3.63) is 58.1 Å². The summed E-state index contributed by atoms with van der Waals surface area (Å²) < 4.78 is 4.12. The van der Waals surface area contributed by atoms with Crippen LogP contribution in [0.4, 0.5) is 5.69 Å². The van der Waals surface area contributed by atoms with Gasteiger partial charge in [0.1, 0.15) is 0 Å². The Morgan fingerprint density at radius 1 is 1.19 bits per heavy atom. The zero-order valence-corrected chi connectivity index (χ0v) is 14.3. The normalized spacial score (nSPS) is 10.4. The Hall–Kier alpha value is -1.26. The molecule has 0 amide bonds. The molecule has 0 atom stereocenters. The summed E-state index contributed by atoms with van der Waals surface area (Å²) in [5.41, 5.74) is 3.10. The number of nitrogens with one attached hydrogen (secondary N) is 1. The highest BCUT2D eigenvalue weighted by Gasteiger charge is 2.02. The third kappa shape index (κ3) is 4.90. The molecular weight excluding hydrogens is 346 g/mol. The highest BCUT2D eigenvalue weighted by Crippen LogP contribution is 2.25. The summed E-state index contributed by atoms with van der Waals surface area (Å²) in [6, 6.07) is 14.2. The summed E-state index contributed by atoms with van der Waals surface area (Å²) in [7, 11) is 0. The molecule has 0 unspecified atom stereocenters. The minimum Gasteiger partial charge on any atom is -0.326 e. The first-order valence-electron chi connectivity index (χ1n) is 6.99. The Morgan fingerprint density at radius 2 is 1.95 bits per heavy atom. The van der Waals surface area contributed by atoms with Crippen molar-refractivity contribution in [1.29, 1.82) is 0 Å². The molecular formula is C17H18BrNOS. The maximum absolute atomic E-state index is 10.9. The molecule has 2 nitrogen and oxygen atoms in total. The molecule has 0 radical (unpaired) electrons. The lowest BCUT2D eigenvalue weighted by Gasteiger charge is -2.07. The average molecular weight is 364 g/mol. The Kier molecular flexibility index (Phi) is 6.33. The fourth-order valence-electron chi connectivity index (χ4n) is 1.91. The van der Waals surface area contributed by atoms with E-state index in [1.54, 1.807) is 0 Å². The molecule has 1 N–H and O–H groups in total.